The Bertz CT molecular complexity index is 572. The zero-order chi connectivity index (χ0) is 13.7. The molecule has 0 aliphatic heterocycles. The second-order valence-electron chi connectivity index (χ2n) is 3.64. The molecule has 0 aliphatic rings. The molecule has 0 bridgehead atoms. The monoisotopic (exact) mass is 277 g/mol. The lowest BCUT2D eigenvalue weighted by molar-refractivity contribution is 0.102. The van der Waals surface area contributed by atoms with Gasteiger partial charge in [-0.05, 0) is 31.2 Å². The summed E-state index contributed by atoms with van der Waals surface area (Å²) >= 11 is 5.71. The van der Waals surface area contributed by atoms with Gasteiger partial charge in [-0.1, -0.05) is 11.6 Å². The van der Waals surface area contributed by atoms with Crippen molar-refractivity contribution in [2.24, 2.45) is 0 Å². The first kappa shape index (κ1) is 13.3. The van der Waals surface area contributed by atoms with Crippen LogP contribution in [-0.4, -0.2) is 22.5 Å². The summed E-state index contributed by atoms with van der Waals surface area (Å²) in [5.74, 6) is 0.820. The summed E-state index contributed by atoms with van der Waals surface area (Å²) in [6.07, 6.45) is 1.29. The van der Waals surface area contributed by atoms with Crippen molar-refractivity contribution in [3.8, 4) is 5.75 Å². The van der Waals surface area contributed by atoms with Crippen molar-refractivity contribution >= 4 is 23.3 Å². The molecule has 6 heteroatoms. The van der Waals surface area contributed by atoms with E-state index in [1.165, 1.54) is 12.4 Å². The molecule has 0 unspecified atom stereocenters. The lowest BCUT2D eigenvalue weighted by Gasteiger charge is -2.06. The predicted octanol–water partition coefficient (Wildman–Crippen LogP) is 2.78. The third-order valence-electron chi connectivity index (χ3n) is 2.30. The smallest absolute Gasteiger partial charge is 0.256 e. The first-order valence-corrected chi connectivity index (χ1v) is 6.08. The number of halogens is 1. The first-order chi connectivity index (χ1) is 9.19. The summed E-state index contributed by atoms with van der Waals surface area (Å²) in [6.45, 7) is 2.49. The molecule has 0 spiro atoms. The lowest BCUT2D eigenvalue weighted by atomic mass is 10.2. The van der Waals surface area contributed by atoms with E-state index in [2.05, 4.69) is 15.3 Å². The number of nitrogens with one attached hydrogen (secondary N) is 1. The van der Waals surface area contributed by atoms with Crippen molar-refractivity contribution in [2.75, 3.05) is 11.9 Å². The van der Waals surface area contributed by atoms with Gasteiger partial charge in [-0.15, -0.1) is 0 Å². The van der Waals surface area contributed by atoms with Crippen LogP contribution in [-0.2, 0) is 0 Å². The van der Waals surface area contributed by atoms with E-state index in [4.69, 9.17) is 16.3 Å². The van der Waals surface area contributed by atoms with Crippen LogP contribution < -0.4 is 10.1 Å². The van der Waals surface area contributed by atoms with Gasteiger partial charge in [0.05, 0.1) is 6.61 Å². The maximum Gasteiger partial charge on any atom is 0.256 e. The van der Waals surface area contributed by atoms with Crippen molar-refractivity contribution in [1.29, 1.82) is 0 Å². The highest BCUT2D eigenvalue weighted by atomic mass is 35.5. The summed E-state index contributed by atoms with van der Waals surface area (Å²) in [7, 11) is 0. The minimum Gasteiger partial charge on any atom is -0.494 e. The van der Waals surface area contributed by atoms with Gasteiger partial charge in [0.25, 0.3) is 5.91 Å². The number of hydrogen-bond donors (Lipinski definition) is 1. The van der Waals surface area contributed by atoms with Gasteiger partial charge in [0.1, 0.15) is 23.0 Å². The fraction of sp³-hybridized carbons (Fsp3) is 0.154. The Morgan fingerprint density at radius 1 is 1.32 bits per heavy atom. The molecule has 1 aromatic heterocycles. The summed E-state index contributed by atoms with van der Waals surface area (Å²) in [5, 5.41) is 2.91. The highest BCUT2D eigenvalue weighted by molar-refractivity contribution is 6.29. The average Bonchev–Trinajstić information content (AvgIpc) is 2.40. The van der Waals surface area contributed by atoms with Crippen LogP contribution in [0.2, 0.25) is 5.15 Å². The van der Waals surface area contributed by atoms with Crippen LogP contribution in [0.3, 0.4) is 0 Å². The molecule has 0 saturated heterocycles. The Labute approximate surface area is 115 Å². The van der Waals surface area contributed by atoms with E-state index in [0.29, 0.717) is 18.0 Å². The van der Waals surface area contributed by atoms with E-state index in [0.717, 1.165) is 5.75 Å². The number of benzene rings is 1. The highest BCUT2D eigenvalue weighted by Gasteiger charge is 2.07. The SMILES string of the molecule is CCOc1ccc(C(=O)Nc2cc(Cl)ncn2)cc1. The average molecular weight is 278 g/mol. The van der Waals surface area contributed by atoms with Crippen LogP contribution in [0.25, 0.3) is 0 Å². The van der Waals surface area contributed by atoms with E-state index in [1.54, 1.807) is 24.3 Å². The van der Waals surface area contributed by atoms with Crippen LogP contribution in [0.1, 0.15) is 17.3 Å². The molecule has 1 N–H and O–H groups in total. The quantitative estimate of drug-likeness (QED) is 0.873. The van der Waals surface area contributed by atoms with Crippen molar-refractivity contribution in [1.82, 2.24) is 9.97 Å². The molecule has 0 aliphatic carbocycles. The predicted molar refractivity (Wildman–Crippen MR) is 72.6 cm³/mol. The highest BCUT2D eigenvalue weighted by Crippen LogP contribution is 2.14. The van der Waals surface area contributed by atoms with E-state index >= 15 is 0 Å². The number of carbonyl (C=O) groups excluding carboxylic acids is 1. The molecule has 0 radical (unpaired) electrons. The van der Waals surface area contributed by atoms with Crippen molar-refractivity contribution in [3.05, 3.63) is 47.4 Å². The van der Waals surface area contributed by atoms with Gasteiger partial charge in [-0.25, -0.2) is 9.97 Å². The number of rotatable bonds is 4. The number of hydrogen-bond acceptors (Lipinski definition) is 4. The molecule has 5 nitrogen and oxygen atoms in total. The van der Waals surface area contributed by atoms with E-state index in [-0.39, 0.29) is 11.1 Å². The number of amides is 1. The Balaban J connectivity index is 2.07. The maximum absolute atomic E-state index is 11.9. The number of nitrogens with zero attached hydrogens (tertiary/aromatic N) is 2. The molecule has 2 rings (SSSR count). The van der Waals surface area contributed by atoms with Gasteiger partial charge >= 0.3 is 0 Å². The lowest BCUT2D eigenvalue weighted by Crippen LogP contribution is -2.12. The Morgan fingerprint density at radius 2 is 2.05 bits per heavy atom. The molecule has 0 saturated carbocycles. The summed E-state index contributed by atoms with van der Waals surface area (Å²) in [5.41, 5.74) is 0.512. The minimum atomic E-state index is -0.266. The van der Waals surface area contributed by atoms with Gasteiger partial charge in [-0.3, -0.25) is 4.79 Å². The molecule has 1 heterocycles. The zero-order valence-corrected chi connectivity index (χ0v) is 11.0. The number of aromatic nitrogens is 2. The normalized spacial score (nSPS) is 10.0. The van der Waals surface area contributed by atoms with Gasteiger partial charge < -0.3 is 10.1 Å². The van der Waals surface area contributed by atoms with Gasteiger partial charge in [0, 0.05) is 11.6 Å². The summed E-state index contributed by atoms with van der Waals surface area (Å²) < 4.78 is 5.30. The molecule has 2 aromatic rings. The second kappa shape index (κ2) is 6.15. The minimum absolute atomic E-state index is 0.266. The topological polar surface area (TPSA) is 64.1 Å². The van der Waals surface area contributed by atoms with Crippen LogP contribution in [0, 0.1) is 0 Å². The third-order valence-corrected chi connectivity index (χ3v) is 2.51. The van der Waals surface area contributed by atoms with Crippen molar-refractivity contribution in [3.63, 3.8) is 0 Å². The first-order valence-electron chi connectivity index (χ1n) is 5.71. The number of anilines is 1. The molecule has 0 atom stereocenters. The molecule has 0 fully saturated rings. The molecule has 1 amide bonds. The van der Waals surface area contributed by atoms with Gasteiger partial charge in [0.15, 0.2) is 0 Å². The standard InChI is InChI=1S/C13H12ClN3O2/c1-2-19-10-5-3-9(4-6-10)13(18)17-12-7-11(14)15-8-16-12/h3-8H,2H2,1H3,(H,15,16,17,18). The van der Waals surface area contributed by atoms with Crippen molar-refractivity contribution in [2.45, 2.75) is 6.92 Å². The Morgan fingerprint density at radius 3 is 2.68 bits per heavy atom. The fourth-order valence-corrected chi connectivity index (χ4v) is 1.61. The largest absolute Gasteiger partial charge is 0.494 e. The van der Waals surface area contributed by atoms with Crippen molar-refractivity contribution < 1.29 is 9.53 Å². The van der Waals surface area contributed by atoms with E-state index in [1.807, 2.05) is 6.92 Å². The number of ether oxygens (including phenoxy) is 1. The zero-order valence-electron chi connectivity index (χ0n) is 10.3. The Hall–Kier alpha value is -2.14. The van der Waals surface area contributed by atoms with Crippen LogP contribution in [0.4, 0.5) is 5.82 Å². The second-order valence-corrected chi connectivity index (χ2v) is 4.02. The third kappa shape index (κ3) is 3.66. The summed E-state index contributed by atoms with van der Waals surface area (Å²) in [4.78, 5) is 19.6. The molecule has 98 valence electrons. The number of carbonyl (C=O) groups is 1. The fourth-order valence-electron chi connectivity index (χ4n) is 1.46. The van der Waals surface area contributed by atoms with Crippen LogP contribution in [0.15, 0.2) is 36.7 Å². The molecule has 19 heavy (non-hydrogen) atoms. The van der Waals surface area contributed by atoms with Crippen LogP contribution in [0.5, 0.6) is 5.75 Å². The Kier molecular flexibility index (Phi) is 4.30. The van der Waals surface area contributed by atoms with Gasteiger partial charge in [-0.2, -0.15) is 0 Å². The molecule has 1 aromatic carbocycles. The van der Waals surface area contributed by atoms with E-state index < -0.39 is 0 Å². The molecular weight excluding hydrogens is 266 g/mol. The summed E-state index contributed by atoms with van der Waals surface area (Å²) in [6, 6.07) is 8.33. The van der Waals surface area contributed by atoms with Crippen LogP contribution >= 0.6 is 11.6 Å². The molecular formula is C13H12ClN3O2. The maximum atomic E-state index is 11.9. The van der Waals surface area contributed by atoms with E-state index in [9.17, 15) is 4.79 Å². The van der Waals surface area contributed by atoms with Gasteiger partial charge in [0.2, 0.25) is 0 Å².